The van der Waals surface area contributed by atoms with Crippen molar-refractivity contribution in [3.63, 3.8) is 0 Å². The molecule has 1 N–H and O–H groups in total. The lowest BCUT2D eigenvalue weighted by Crippen LogP contribution is -2.45. The van der Waals surface area contributed by atoms with Gasteiger partial charge in [0.25, 0.3) is 0 Å². The number of ether oxygens (including phenoxy) is 2. The largest absolute Gasteiger partial charge is 0.377 e. The predicted molar refractivity (Wildman–Crippen MR) is 64.3 cm³/mol. The second kappa shape index (κ2) is 9.13. The van der Waals surface area contributed by atoms with Crippen molar-refractivity contribution in [2.24, 2.45) is 0 Å². The first kappa shape index (κ1) is 14.9. The Morgan fingerprint density at radius 2 is 1.73 bits per heavy atom. The van der Waals surface area contributed by atoms with E-state index in [4.69, 9.17) is 9.47 Å². The molecule has 0 aromatic heterocycles. The van der Waals surface area contributed by atoms with E-state index in [1.165, 1.54) is 0 Å². The third-order valence-corrected chi connectivity index (χ3v) is 2.31. The van der Waals surface area contributed by atoms with Crippen molar-refractivity contribution in [3.05, 3.63) is 0 Å². The molecule has 0 saturated heterocycles. The fourth-order valence-electron chi connectivity index (χ4n) is 1.59. The molecule has 0 heterocycles. The highest BCUT2D eigenvalue weighted by Gasteiger charge is 2.19. The van der Waals surface area contributed by atoms with Gasteiger partial charge >= 0.3 is 0 Å². The quantitative estimate of drug-likeness (QED) is 0.642. The van der Waals surface area contributed by atoms with Crippen LogP contribution in [0.1, 0.15) is 41.0 Å². The van der Waals surface area contributed by atoms with Crippen LogP contribution in [0.25, 0.3) is 0 Å². The average molecular weight is 217 g/mol. The molecule has 0 spiro atoms. The van der Waals surface area contributed by atoms with Crippen LogP contribution in [-0.2, 0) is 9.47 Å². The minimum atomic E-state index is 0.258. The Kier molecular flexibility index (Phi) is 9.06. The molecule has 0 aromatic rings. The Hall–Kier alpha value is -0.120. The SMILES string of the molecule is CCNC(COC(C)C)C(CC)OCC. The molecule has 0 aliphatic heterocycles. The third kappa shape index (κ3) is 6.88. The maximum Gasteiger partial charge on any atom is 0.0747 e. The number of hydrogen-bond acceptors (Lipinski definition) is 3. The lowest BCUT2D eigenvalue weighted by molar-refractivity contribution is -0.0146. The molecular formula is C12H27NO2. The molecule has 0 aliphatic rings. The maximum absolute atomic E-state index is 5.70. The van der Waals surface area contributed by atoms with Crippen LogP contribution in [0.5, 0.6) is 0 Å². The van der Waals surface area contributed by atoms with Gasteiger partial charge in [0.05, 0.1) is 24.9 Å². The van der Waals surface area contributed by atoms with Gasteiger partial charge in [-0.15, -0.1) is 0 Å². The molecule has 0 radical (unpaired) electrons. The van der Waals surface area contributed by atoms with Crippen molar-refractivity contribution in [1.82, 2.24) is 5.32 Å². The van der Waals surface area contributed by atoms with E-state index in [0.29, 0.717) is 6.04 Å². The molecule has 0 amide bonds. The number of hydrogen-bond donors (Lipinski definition) is 1. The van der Waals surface area contributed by atoms with E-state index in [-0.39, 0.29) is 12.2 Å². The van der Waals surface area contributed by atoms with Gasteiger partial charge in [-0.25, -0.2) is 0 Å². The normalized spacial score (nSPS) is 15.6. The first-order chi connectivity index (χ1) is 7.15. The zero-order chi connectivity index (χ0) is 11.7. The van der Waals surface area contributed by atoms with Crippen LogP contribution in [0.4, 0.5) is 0 Å². The van der Waals surface area contributed by atoms with Crippen molar-refractivity contribution in [3.8, 4) is 0 Å². The molecule has 3 heteroatoms. The summed E-state index contributed by atoms with van der Waals surface area (Å²) < 4.78 is 11.3. The second-order valence-corrected chi connectivity index (χ2v) is 3.95. The monoisotopic (exact) mass is 217 g/mol. The summed E-state index contributed by atoms with van der Waals surface area (Å²) in [7, 11) is 0. The summed E-state index contributed by atoms with van der Waals surface area (Å²) in [5.74, 6) is 0. The summed E-state index contributed by atoms with van der Waals surface area (Å²) in [6.45, 7) is 12.9. The fourth-order valence-corrected chi connectivity index (χ4v) is 1.59. The summed E-state index contributed by atoms with van der Waals surface area (Å²) in [5.41, 5.74) is 0. The minimum absolute atomic E-state index is 0.258. The van der Waals surface area contributed by atoms with Crippen LogP contribution >= 0.6 is 0 Å². The van der Waals surface area contributed by atoms with Crippen molar-refractivity contribution in [2.45, 2.75) is 59.3 Å². The summed E-state index contributed by atoms with van der Waals surface area (Å²) in [4.78, 5) is 0. The van der Waals surface area contributed by atoms with E-state index >= 15 is 0 Å². The lowest BCUT2D eigenvalue weighted by atomic mass is 10.1. The van der Waals surface area contributed by atoms with Crippen molar-refractivity contribution in [1.29, 1.82) is 0 Å². The topological polar surface area (TPSA) is 30.5 Å². The Balaban J connectivity index is 4.07. The lowest BCUT2D eigenvalue weighted by Gasteiger charge is -2.27. The van der Waals surface area contributed by atoms with Crippen LogP contribution in [0.15, 0.2) is 0 Å². The molecule has 15 heavy (non-hydrogen) atoms. The van der Waals surface area contributed by atoms with Gasteiger partial charge in [0.15, 0.2) is 0 Å². The first-order valence-corrected chi connectivity index (χ1v) is 6.12. The molecule has 0 saturated carbocycles. The molecular weight excluding hydrogens is 190 g/mol. The molecule has 0 aromatic carbocycles. The Bertz CT molecular complexity index is 140. The fraction of sp³-hybridized carbons (Fsp3) is 1.00. The van der Waals surface area contributed by atoms with E-state index in [1.807, 2.05) is 6.92 Å². The van der Waals surface area contributed by atoms with Gasteiger partial charge in [0.2, 0.25) is 0 Å². The van der Waals surface area contributed by atoms with Crippen molar-refractivity contribution in [2.75, 3.05) is 19.8 Å². The van der Waals surface area contributed by atoms with Crippen molar-refractivity contribution < 1.29 is 9.47 Å². The van der Waals surface area contributed by atoms with E-state index < -0.39 is 0 Å². The number of nitrogens with one attached hydrogen (secondary N) is 1. The highest BCUT2D eigenvalue weighted by molar-refractivity contribution is 4.75. The van der Waals surface area contributed by atoms with Gasteiger partial charge in [-0.2, -0.15) is 0 Å². The maximum atomic E-state index is 5.70. The van der Waals surface area contributed by atoms with E-state index in [9.17, 15) is 0 Å². The van der Waals surface area contributed by atoms with Crippen LogP contribution < -0.4 is 5.32 Å². The predicted octanol–water partition coefficient (Wildman–Crippen LogP) is 2.20. The van der Waals surface area contributed by atoms with Gasteiger partial charge in [0, 0.05) is 6.61 Å². The van der Waals surface area contributed by atoms with Crippen molar-refractivity contribution >= 4 is 0 Å². The Morgan fingerprint density at radius 1 is 1.07 bits per heavy atom. The second-order valence-electron chi connectivity index (χ2n) is 3.95. The zero-order valence-electron chi connectivity index (χ0n) is 10.9. The number of likely N-dealkylation sites (N-methyl/N-ethyl adjacent to an activating group) is 1. The van der Waals surface area contributed by atoms with Crippen LogP contribution in [0.2, 0.25) is 0 Å². The summed E-state index contributed by atoms with van der Waals surface area (Å²) >= 11 is 0. The van der Waals surface area contributed by atoms with Gasteiger partial charge in [0.1, 0.15) is 0 Å². The van der Waals surface area contributed by atoms with E-state index in [2.05, 4.69) is 33.0 Å². The molecule has 3 nitrogen and oxygen atoms in total. The average Bonchev–Trinajstić information content (AvgIpc) is 2.21. The summed E-state index contributed by atoms with van der Waals surface area (Å²) in [6.07, 6.45) is 1.56. The summed E-state index contributed by atoms with van der Waals surface area (Å²) in [5, 5.41) is 3.42. The van der Waals surface area contributed by atoms with Gasteiger partial charge in [-0.1, -0.05) is 13.8 Å². The molecule has 2 atom stereocenters. The van der Waals surface area contributed by atoms with E-state index in [1.54, 1.807) is 0 Å². The highest BCUT2D eigenvalue weighted by Crippen LogP contribution is 2.06. The Labute approximate surface area is 94.5 Å². The third-order valence-electron chi connectivity index (χ3n) is 2.31. The van der Waals surface area contributed by atoms with Crippen LogP contribution in [0.3, 0.4) is 0 Å². The highest BCUT2D eigenvalue weighted by atomic mass is 16.5. The molecule has 92 valence electrons. The standard InChI is InChI=1S/C12H27NO2/c1-6-12(14-8-3)11(13-7-2)9-15-10(4)5/h10-13H,6-9H2,1-5H3. The van der Waals surface area contributed by atoms with Crippen LogP contribution in [-0.4, -0.2) is 38.0 Å². The van der Waals surface area contributed by atoms with Gasteiger partial charge in [-0.05, 0) is 33.7 Å². The minimum Gasteiger partial charge on any atom is -0.377 e. The van der Waals surface area contributed by atoms with Gasteiger partial charge < -0.3 is 14.8 Å². The summed E-state index contributed by atoms with van der Waals surface area (Å²) in [6, 6.07) is 0.308. The van der Waals surface area contributed by atoms with Gasteiger partial charge in [-0.3, -0.25) is 0 Å². The van der Waals surface area contributed by atoms with E-state index in [0.717, 1.165) is 26.2 Å². The smallest absolute Gasteiger partial charge is 0.0747 e. The molecule has 0 aliphatic carbocycles. The zero-order valence-corrected chi connectivity index (χ0v) is 10.9. The molecule has 0 fully saturated rings. The Morgan fingerprint density at radius 3 is 2.13 bits per heavy atom. The molecule has 0 rings (SSSR count). The number of rotatable bonds is 9. The first-order valence-electron chi connectivity index (χ1n) is 6.12. The van der Waals surface area contributed by atoms with Crippen LogP contribution in [0, 0.1) is 0 Å². The molecule has 2 unspecified atom stereocenters. The molecule has 0 bridgehead atoms.